The largest absolute Gasteiger partial charge is 0.378 e. The molecule has 2 aromatic heterocycles. The van der Waals surface area contributed by atoms with E-state index in [4.69, 9.17) is 10.5 Å². The maximum Gasteiger partial charge on any atom is 0.256 e. The fourth-order valence-electron chi connectivity index (χ4n) is 3.95. The second-order valence-corrected chi connectivity index (χ2v) is 7.56. The van der Waals surface area contributed by atoms with E-state index in [1.807, 2.05) is 41.0 Å². The zero-order valence-corrected chi connectivity index (χ0v) is 17.3. The van der Waals surface area contributed by atoms with Gasteiger partial charge >= 0.3 is 0 Å². The predicted molar refractivity (Wildman–Crippen MR) is 120 cm³/mol. The lowest BCUT2D eigenvalue weighted by atomic mass is 10.00. The van der Waals surface area contributed by atoms with E-state index in [2.05, 4.69) is 9.97 Å². The molecule has 1 aliphatic rings. The number of primary amides is 1. The summed E-state index contributed by atoms with van der Waals surface area (Å²) in [7, 11) is 0. The molecule has 1 fully saturated rings. The summed E-state index contributed by atoms with van der Waals surface area (Å²) in [6, 6.07) is 14.9. The highest BCUT2D eigenvalue weighted by atomic mass is 16.5. The average molecular weight is 427 g/mol. The molecule has 0 atom stereocenters. The van der Waals surface area contributed by atoms with Crippen molar-refractivity contribution in [1.29, 1.82) is 0 Å². The molecule has 8 heteroatoms. The van der Waals surface area contributed by atoms with Gasteiger partial charge in [0.2, 0.25) is 5.91 Å². The van der Waals surface area contributed by atoms with Crippen LogP contribution >= 0.6 is 0 Å². The van der Waals surface area contributed by atoms with Crippen LogP contribution in [0.2, 0.25) is 0 Å². The second-order valence-electron chi connectivity index (χ2n) is 7.56. The molecule has 2 aromatic carbocycles. The van der Waals surface area contributed by atoms with Crippen molar-refractivity contribution < 1.29 is 14.3 Å². The van der Waals surface area contributed by atoms with Gasteiger partial charge in [-0.2, -0.15) is 0 Å². The number of amides is 2. The van der Waals surface area contributed by atoms with Crippen molar-refractivity contribution in [1.82, 2.24) is 19.4 Å². The number of pyridine rings is 1. The monoisotopic (exact) mass is 427 g/mol. The van der Waals surface area contributed by atoms with Gasteiger partial charge in [0.1, 0.15) is 6.33 Å². The molecule has 2 amide bonds. The Kier molecular flexibility index (Phi) is 5.12. The third-order valence-electron chi connectivity index (χ3n) is 5.62. The lowest BCUT2D eigenvalue weighted by molar-refractivity contribution is 0.0303. The maximum absolute atomic E-state index is 13.1. The highest BCUT2D eigenvalue weighted by Crippen LogP contribution is 2.28. The van der Waals surface area contributed by atoms with Crippen LogP contribution in [0.15, 0.2) is 67.3 Å². The molecule has 0 spiro atoms. The van der Waals surface area contributed by atoms with Crippen molar-refractivity contribution in [2.75, 3.05) is 26.3 Å². The zero-order chi connectivity index (χ0) is 22.1. The summed E-state index contributed by atoms with van der Waals surface area (Å²) >= 11 is 0. The third kappa shape index (κ3) is 3.61. The van der Waals surface area contributed by atoms with E-state index in [1.54, 1.807) is 35.8 Å². The first-order valence-electron chi connectivity index (χ1n) is 10.3. The summed E-state index contributed by atoms with van der Waals surface area (Å²) in [5.41, 5.74) is 10.5. The maximum atomic E-state index is 13.1. The molecule has 1 aliphatic heterocycles. The van der Waals surface area contributed by atoms with Gasteiger partial charge in [0.25, 0.3) is 5.91 Å². The minimum atomic E-state index is -0.487. The fraction of sp³-hybridized carbons (Fsp3) is 0.167. The van der Waals surface area contributed by atoms with Crippen LogP contribution < -0.4 is 5.73 Å². The van der Waals surface area contributed by atoms with E-state index in [-0.39, 0.29) is 5.91 Å². The lowest BCUT2D eigenvalue weighted by Gasteiger charge is -2.27. The van der Waals surface area contributed by atoms with Gasteiger partial charge in [-0.1, -0.05) is 12.1 Å². The van der Waals surface area contributed by atoms with Gasteiger partial charge < -0.3 is 15.4 Å². The molecule has 5 rings (SSSR count). The molecule has 32 heavy (non-hydrogen) atoms. The molecule has 1 saturated heterocycles. The van der Waals surface area contributed by atoms with Crippen LogP contribution in [0.25, 0.3) is 27.8 Å². The molecule has 2 N–H and O–H groups in total. The SMILES string of the molecule is NC(=O)c1ccc2c(c1)ncn2-c1cccc(-c2ccncc2C(=O)N2CCOCC2)c1. The van der Waals surface area contributed by atoms with E-state index >= 15 is 0 Å². The smallest absolute Gasteiger partial charge is 0.256 e. The first-order chi connectivity index (χ1) is 15.6. The van der Waals surface area contributed by atoms with Gasteiger partial charge in [0, 0.05) is 36.7 Å². The van der Waals surface area contributed by atoms with Crippen LogP contribution in [0, 0.1) is 0 Å². The quantitative estimate of drug-likeness (QED) is 0.539. The van der Waals surface area contributed by atoms with Crippen molar-refractivity contribution in [3.63, 3.8) is 0 Å². The Morgan fingerprint density at radius 1 is 1.03 bits per heavy atom. The Morgan fingerprint density at radius 2 is 1.88 bits per heavy atom. The first kappa shape index (κ1) is 19.9. The number of fused-ring (bicyclic) bond motifs is 1. The molecule has 0 unspecified atom stereocenters. The number of nitrogens with two attached hydrogens (primary N) is 1. The highest BCUT2D eigenvalue weighted by molar-refractivity contribution is 6.01. The van der Waals surface area contributed by atoms with Crippen LogP contribution in [0.3, 0.4) is 0 Å². The van der Waals surface area contributed by atoms with Crippen LogP contribution in [0.5, 0.6) is 0 Å². The number of aromatic nitrogens is 3. The Bertz CT molecular complexity index is 1320. The van der Waals surface area contributed by atoms with E-state index in [0.717, 1.165) is 22.3 Å². The van der Waals surface area contributed by atoms with E-state index in [9.17, 15) is 9.59 Å². The molecule has 4 aromatic rings. The number of morpholine rings is 1. The van der Waals surface area contributed by atoms with E-state index in [1.165, 1.54) is 0 Å². The molecule has 0 saturated carbocycles. The number of imidazole rings is 1. The van der Waals surface area contributed by atoms with Crippen molar-refractivity contribution in [3.05, 3.63) is 78.4 Å². The van der Waals surface area contributed by atoms with Crippen LogP contribution in [-0.2, 0) is 4.74 Å². The van der Waals surface area contributed by atoms with Crippen molar-refractivity contribution in [3.8, 4) is 16.8 Å². The molecule has 8 nitrogen and oxygen atoms in total. The molecule has 3 heterocycles. The number of rotatable bonds is 4. The van der Waals surface area contributed by atoms with Crippen molar-refractivity contribution in [2.24, 2.45) is 5.73 Å². The van der Waals surface area contributed by atoms with Gasteiger partial charge in [0.15, 0.2) is 0 Å². The Morgan fingerprint density at radius 3 is 2.69 bits per heavy atom. The van der Waals surface area contributed by atoms with Crippen molar-refractivity contribution >= 4 is 22.8 Å². The second kappa shape index (κ2) is 8.24. The number of ether oxygens (including phenoxy) is 1. The summed E-state index contributed by atoms with van der Waals surface area (Å²) < 4.78 is 7.31. The Labute approximate surface area is 184 Å². The number of nitrogens with zero attached hydrogens (tertiary/aromatic N) is 4. The molecule has 0 aliphatic carbocycles. The lowest BCUT2D eigenvalue weighted by Crippen LogP contribution is -2.40. The van der Waals surface area contributed by atoms with Gasteiger partial charge in [-0.25, -0.2) is 4.98 Å². The molecule has 0 radical (unpaired) electrons. The van der Waals surface area contributed by atoms with Gasteiger partial charge in [-0.3, -0.25) is 19.1 Å². The molecule has 160 valence electrons. The van der Waals surface area contributed by atoms with Crippen LogP contribution in [0.1, 0.15) is 20.7 Å². The van der Waals surface area contributed by atoms with E-state index in [0.29, 0.717) is 42.9 Å². The zero-order valence-electron chi connectivity index (χ0n) is 17.3. The summed E-state index contributed by atoms with van der Waals surface area (Å²) in [5.74, 6) is -0.535. The summed E-state index contributed by atoms with van der Waals surface area (Å²) in [5, 5.41) is 0. The highest BCUT2D eigenvalue weighted by Gasteiger charge is 2.22. The molecular weight excluding hydrogens is 406 g/mol. The van der Waals surface area contributed by atoms with Gasteiger partial charge in [-0.05, 0) is 47.5 Å². The summed E-state index contributed by atoms with van der Waals surface area (Å²) in [6.07, 6.45) is 5.02. The minimum Gasteiger partial charge on any atom is -0.378 e. The number of carbonyl (C=O) groups excluding carboxylic acids is 2. The standard InChI is InChI=1S/C24H21N5O3/c25-23(30)17-4-5-22-21(13-17)27-15-29(22)18-3-1-2-16(12-18)19-6-7-26-14-20(19)24(31)28-8-10-32-11-9-28/h1-7,12-15H,8-11H2,(H2,25,30). The summed E-state index contributed by atoms with van der Waals surface area (Å²) in [6.45, 7) is 2.23. The molecule has 0 bridgehead atoms. The number of benzene rings is 2. The minimum absolute atomic E-state index is 0.0473. The van der Waals surface area contributed by atoms with Crippen LogP contribution in [0.4, 0.5) is 0 Å². The van der Waals surface area contributed by atoms with E-state index < -0.39 is 5.91 Å². The Balaban J connectivity index is 1.54. The van der Waals surface area contributed by atoms with Gasteiger partial charge in [-0.15, -0.1) is 0 Å². The average Bonchev–Trinajstić information content (AvgIpc) is 3.27. The number of carbonyl (C=O) groups is 2. The Hall–Kier alpha value is -4.04. The summed E-state index contributed by atoms with van der Waals surface area (Å²) in [4.78, 5) is 35.0. The van der Waals surface area contributed by atoms with Gasteiger partial charge in [0.05, 0.1) is 29.8 Å². The first-order valence-corrected chi connectivity index (χ1v) is 10.3. The van der Waals surface area contributed by atoms with Crippen molar-refractivity contribution in [2.45, 2.75) is 0 Å². The predicted octanol–water partition coefficient (Wildman–Crippen LogP) is 2.66. The van der Waals surface area contributed by atoms with Crippen LogP contribution in [-0.4, -0.2) is 57.6 Å². The fourth-order valence-corrected chi connectivity index (χ4v) is 3.95. The third-order valence-corrected chi connectivity index (χ3v) is 5.62. The normalized spacial score (nSPS) is 13.9. The topological polar surface area (TPSA) is 103 Å². The molecular formula is C24H21N5O3. The number of hydrogen-bond donors (Lipinski definition) is 1. The number of hydrogen-bond acceptors (Lipinski definition) is 5.